The molecule has 0 aromatic carbocycles. The number of rotatable bonds is 0. The van der Waals surface area contributed by atoms with Crippen LogP contribution in [-0.2, 0) is 0 Å². The average molecular weight is 148 g/mol. The maximum atomic E-state index is 12.6. The molecule has 0 saturated heterocycles. The Morgan fingerprint density at radius 3 is 2.89 bits per heavy atom. The Bertz CT molecular complexity index is 174. The predicted molar refractivity (Wildman–Crippen MR) is 35.5 cm³/mol. The molecule has 0 spiro atoms. The van der Waals surface area contributed by atoms with Gasteiger partial charge in [0.05, 0.1) is 6.54 Å². The van der Waals surface area contributed by atoms with Crippen LogP contribution in [0.2, 0.25) is 0 Å². The van der Waals surface area contributed by atoms with E-state index >= 15 is 0 Å². The molecule has 0 N–H and O–H groups in total. The van der Waals surface area contributed by atoms with Gasteiger partial charge in [0.2, 0.25) is 5.95 Å². The van der Waals surface area contributed by atoms with Crippen LogP contribution in [0.3, 0.4) is 0 Å². The van der Waals surface area contributed by atoms with Crippen molar-refractivity contribution in [1.82, 2.24) is 4.42 Å². The molecule has 9 heavy (non-hydrogen) atoms. The summed E-state index contributed by atoms with van der Waals surface area (Å²) in [7, 11) is 0. The average Bonchev–Trinajstić information content (AvgIpc) is 1.83. The highest BCUT2D eigenvalue weighted by Gasteiger charge is 2.09. The van der Waals surface area contributed by atoms with Crippen molar-refractivity contribution in [2.45, 2.75) is 6.92 Å². The molecule has 0 radical (unpaired) electrons. The monoisotopic (exact) mass is 147 g/mol. The molecule has 1 nitrogen and oxygen atoms in total. The molecule has 0 aromatic heterocycles. The van der Waals surface area contributed by atoms with Crippen LogP contribution in [0.1, 0.15) is 6.92 Å². The Morgan fingerprint density at radius 1 is 1.78 bits per heavy atom. The second-order valence-corrected chi connectivity index (χ2v) is 2.33. The summed E-state index contributed by atoms with van der Waals surface area (Å²) in [5.41, 5.74) is 0.580. The maximum absolute atomic E-state index is 12.6. The van der Waals surface area contributed by atoms with Crippen LogP contribution in [0.5, 0.6) is 0 Å². The second kappa shape index (κ2) is 2.40. The summed E-state index contributed by atoms with van der Waals surface area (Å²) in [5, 5.41) is 0. The molecular weight excluding hydrogens is 141 g/mol. The van der Waals surface area contributed by atoms with Gasteiger partial charge in [-0.25, -0.2) is 0 Å². The highest BCUT2D eigenvalue weighted by Crippen LogP contribution is 2.18. The van der Waals surface area contributed by atoms with E-state index in [2.05, 4.69) is 0 Å². The molecule has 0 aromatic rings. The Balaban J connectivity index is 2.83. The predicted octanol–water partition coefficient (Wildman–Crippen LogP) is 2.21. The molecule has 0 saturated carbocycles. The van der Waals surface area contributed by atoms with Gasteiger partial charge in [0, 0.05) is 17.3 Å². The molecule has 1 aliphatic heterocycles. The number of halogens is 2. The molecular formula is C6H7ClFN. The molecule has 1 heterocycles. The lowest BCUT2D eigenvalue weighted by molar-refractivity contribution is 0.424. The van der Waals surface area contributed by atoms with Gasteiger partial charge in [0.15, 0.2) is 0 Å². The lowest BCUT2D eigenvalue weighted by atomic mass is 10.2. The maximum Gasteiger partial charge on any atom is 0.207 e. The topological polar surface area (TPSA) is 3.24 Å². The zero-order valence-corrected chi connectivity index (χ0v) is 5.82. The van der Waals surface area contributed by atoms with E-state index in [4.69, 9.17) is 11.8 Å². The molecule has 0 fully saturated rings. The van der Waals surface area contributed by atoms with Crippen LogP contribution in [0.25, 0.3) is 0 Å². The lowest BCUT2D eigenvalue weighted by Crippen LogP contribution is -2.12. The fourth-order valence-electron chi connectivity index (χ4n) is 0.662. The second-order valence-electron chi connectivity index (χ2n) is 1.92. The van der Waals surface area contributed by atoms with Crippen LogP contribution >= 0.6 is 11.8 Å². The van der Waals surface area contributed by atoms with Gasteiger partial charge < -0.3 is 0 Å². The zero-order chi connectivity index (χ0) is 6.85. The molecule has 0 bridgehead atoms. The van der Waals surface area contributed by atoms with Gasteiger partial charge >= 0.3 is 0 Å². The van der Waals surface area contributed by atoms with Gasteiger partial charge in [-0.1, -0.05) is 12.2 Å². The third kappa shape index (κ3) is 1.24. The van der Waals surface area contributed by atoms with E-state index in [0.717, 1.165) is 4.42 Å². The largest absolute Gasteiger partial charge is 0.257 e. The smallest absolute Gasteiger partial charge is 0.207 e. The number of hydrogen-bond donors (Lipinski definition) is 0. The minimum Gasteiger partial charge on any atom is -0.257 e. The van der Waals surface area contributed by atoms with E-state index in [-0.39, 0.29) is 5.95 Å². The number of hydrogen-bond acceptors (Lipinski definition) is 1. The third-order valence-electron chi connectivity index (χ3n) is 1.17. The van der Waals surface area contributed by atoms with E-state index in [0.29, 0.717) is 12.1 Å². The molecule has 0 unspecified atom stereocenters. The normalized spacial score (nSPS) is 19.2. The van der Waals surface area contributed by atoms with Gasteiger partial charge in [0.1, 0.15) is 0 Å². The first kappa shape index (κ1) is 6.62. The van der Waals surface area contributed by atoms with Gasteiger partial charge in [-0.3, -0.25) is 4.42 Å². The number of nitrogens with zero attached hydrogens (tertiary/aromatic N) is 1. The van der Waals surface area contributed by atoms with E-state index < -0.39 is 0 Å². The fraction of sp³-hybridized carbons (Fsp3) is 0.333. The molecule has 0 amide bonds. The van der Waals surface area contributed by atoms with Crippen molar-refractivity contribution >= 4 is 11.8 Å². The molecule has 0 aliphatic carbocycles. The van der Waals surface area contributed by atoms with Crippen molar-refractivity contribution in [2.75, 3.05) is 6.54 Å². The van der Waals surface area contributed by atoms with Gasteiger partial charge in [-0.15, -0.1) is 0 Å². The van der Waals surface area contributed by atoms with Gasteiger partial charge in [0.25, 0.3) is 0 Å². The van der Waals surface area contributed by atoms with Crippen molar-refractivity contribution in [1.29, 1.82) is 0 Å². The van der Waals surface area contributed by atoms with Crippen molar-refractivity contribution in [3.8, 4) is 0 Å². The summed E-state index contributed by atoms with van der Waals surface area (Å²) in [6.45, 7) is 2.13. The highest BCUT2D eigenvalue weighted by atomic mass is 35.5. The summed E-state index contributed by atoms with van der Waals surface area (Å²) in [6, 6.07) is 0. The lowest BCUT2D eigenvalue weighted by Gasteiger charge is -2.15. The Hall–Kier alpha value is -0.500. The molecule has 1 rings (SSSR count). The van der Waals surface area contributed by atoms with Crippen LogP contribution in [-0.4, -0.2) is 11.0 Å². The highest BCUT2D eigenvalue weighted by molar-refractivity contribution is 6.14. The van der Waals surface area contributed by atoms with E-state index in [1.807, 2.05) is 6.08 Å². The summed E-state index contributed by atoms with van der Waals surface area (Å²) in [4.78, 5) is 0. The van der Waals surface area contributed by atoms with Crippen LogP contribution in [0, 0.1) is 0 Å². The minimum absolute atomic E-state index is 0.348. The third-order valence-corrected chi connectivity index (χ3v) is 1.46. The zero-order valence-electron chi connectivity index (χ0n) is 5.06. The Morgan fingerprint density at radius 2 is 2.44 bits per heavy atom. The first-order valence-corrected chi connectivity index (χ1v) is 3.02. The van der Waals surface area contributed by atoms with E-state index in [1.165, 1.54) is 0 Å². The first-order valence-electron chi connectivity index (χ1n) is 2.68. The van der Waals surface area contributed by atoms with E-state index in [1.54, 1.807) is 13.0 Å². The Kier molecular flexibility index (Phi) is 1.76. The molecule has 1 aliphatic rings. The molecule has 0 atom stereocenters. The van der Waals surface area contributed by atoms with Crippen molar-refractivity contribution < 1.29 is 4.39 Å². The standard InChI is InChI=1S/C6H7ClFN/c1-5-3-2-4-9(7)6(5)8/h2-3H,4H2,1H3. The van der Waals surface area contributed by atoms with Crippen LogP contribution in [0.4, 0.5) is 4.39 Å². The molecule has 3 heteroatoms. The summed E-state index contributed by atoms with van der Waals surface area (Å²) in [6.07, 6.45) is 3.53. The Labute approximate surface area is 58.5 Å². The molecule has 50 valence electrons. The summed E-state index contributed by atoms with van der Waals surface area (Å²) < 4.78 is 13.6. The summed E-state index contributed by atoms with van der Waals surface area (Å²) >= 11 is 5.41. The fourth-order valence-corrected chi connectivity index (χ4v) is 0.875. The van der Waals surface area contributed by atoms with Crippen LogP contribution < -0.4 is 0 Å². The van der Waals surface area contributed by atoms with Gasteiger partial charge in [-0.05, 0) is 6.92 Å². The van der Waals surface area contributed by atoms with Crippen molar-refractivity contribution in [3.63, 3.8) is 0 Å². The first-order chi connectivity index (χ1) is 4.22. The minimum atomic E-state index is -0.348. The SMILES string of the molecule is CC1=C(F)N(Cl)CC=C1. The van der Waals surface area contributed by atoms with Crippen molar-refractivity contribution in [2.24, 2.45) is 0 Å². The number of allylic oxidation sites excluding steroid dienone is 2. The van der Waals surface area contributed by atoms with Crippen LogP contribution in [0.15, 0.2) is 23.7 Å². The quantitative estimate of drug-likeness (QED) is 0.375. The van der Waals surface area contributed by atoms with Gasteiger partial charge in [-0.2, -0.15) is 4.39 Å². The summed E-state index contributed by atoms with van der Waals surface area (Å²) in [5.74, 6) is -0.348. The van der Waals surface area contributed by atoms with Crippen molar-refractivity contribution in [3.05, 3.63) is 23.7 Å². The van der Waals surface area contributed by atoms with E-state index in [9.17, 15) is 4.39 Å².